The van der Waals surface area contributed by atoms with Crippen molar-refractivity contribution in [1.82, 2.24) is 5.32 Å². The van der Waals surface area contributed by atoms with Crippen molar-refractivity contribution in [1.29, 1.82) is 0 Å². The van der Waals surface area contributed by atoms with Crippen LogP contribution in [0.4, 0.5) is 16.2 Å². The Morgan fingerprint density at radius 1 is 1.00 bits per heavy atom. The first-order valence-corrected chi connectivity index (χ1v) is 7.49. The average Bonchev–Trinajstić information content (AvgIpc) is 2.49. The van der Waals surface area contributed by atoms with Crippen molar-refractivity contribution >= 4 is 34.9 Å². The molecule has 120 valence electrons. The molecule has 5 nitrogen and oxygen atoms in total. The molecule has 2 aromatic rings. The third-order valence-electron chi connectivity index (χ3n) is 3.14. The molecule has 3 N–H and O–H groups in total. The third-order valence-corrected chi connectivity index (χ3v) is 3.55. The average molecular weight is 332 g/mol. The fourth-order valence-corrected chi connectivity index (χ4v) is 2.12. The van der Waals surface area contributed by atoms with E-state index in [2.05, 4.69) is 16.0 Å². The quantitative estimate of drug-likeness (QED) is 0.799. The Bertz CT molecular complexity index is 732. The number of carbonyl (C=O) groups excluding carboxylic acids is 2. The van der Waals surface area contributed by atoms with Crippen LogP contribution in [0.25, 0.3) is 0 Å². The zero-order chi connectivity index (χ0) is 16.8. The summed E-state index contributed by atoms with van der Waals surface area (Å²) in [5.74, 6) is -0.298. The maximum atomic E-state index is 11.8. The molecule has 2 rings (SSSR count). The van der Waals surface area contributed by atoms with Crippen LogP contribution in [-0.4, -0.2) is 18.5 Å². The summed E-state index contributed by atoms with van der Waals surface area (Å²) in [5.41, 5.74) is 3.24. The molecular weight excluding hydrogens is 314 g/mol. The largest absolute Gasteiger partial charge is 0.329 e. The highest BCUT2D eigenvalue weighted by Crippen LogP contribution is 2.19. The van der Waals surface area contributed by atoms with E-state index in [0.29, 0.717) is 16.4 Å². The normalized spacial score (nSPS) is 10.0. The summed E-state index contributed by atoms with van der Waals surface area (Å²) in [5, 5.41) is 8.40. The lowest BCUT2D eigenvalue weighted by Crippen LogP contribution is -2.35. The van der Waals surface area contributed by atoms with Gasteiger partial charge in [0, 0.05) is 16.4 Å². The summed E-state index contributed by atoms with van der Waals surface area (Å²) in [6, 6.07) is 12.2. The van der Waals surface area contributed by atoms with Crippen molar-refractivity contribution in [2.75, 3.05) is 17.2 Å². The zero-order valence-corrected chi connectivity index (χ0v) is 13.7. The van der Waals surface area contributed by atoms with Gasteiger partial charge in [-0.1, -0.05) is 29.8 Å². The molecule has 0 aliphatic heterocycles. The molecule has 3 amide bonds. The smallest absolute Gasteiger partial charge is 0.319 e. The van der Waals surface area contributed by atoms with Crippen LogP contribution >= 0.6 is 11.6 Å². The number of halogens is 1. The molecule has 0 heterocycles. The van der Waals surface area contributed by atoms with Crippen molar-refractivity contribution in [2.45, 2.75) is 13.8 Å². The van der Waals surface area contributed by atoms with Gasteiger partial charge in [-0.05, 0) is 49.2 Å². The molecule has 0 fully saturated rings. The Labute approximate surface area is 140 Å². The lowest BCUT2D eigenvalue weighted by Gasteiger charge is -2.09. The van der Waals surface area contributed by atoms with Crippen LogP contribution in [0.1, 0.15) is 11.1 Å². The number of anilines is 2. The first kappa shape index (κ1) is 16.8. The van der Waals surface area contributed by atoms with Gasteiger partial charge in [0.05, 0.1) is 6.54 Å². The minimum absolute atomic E-state index is 0.126. The molecule has 23 heavy (non-hydrogen) atoms. The van der Waals surface area contributed by atoms with Crippen molar-refractivity contribution in [3.8, 4) is 0 Å². The molecule has 0 aromatic heterocycles. The number of hydrogen-bond donors (Lipinski definition) is 3. The summed E-state index contributed by atoms with van der Waals surface area (Å²) in [6.07, 6.45) is 0. The lowest BCUT2D eigenvalue weighted by molar-refractivity contribution is -0.115. The molecule has 0 aliphatic rings. The second-order valence-electron chi connectivity index (χ2n) is 5.19. The molecule has 0 atom stereocenters. The van der Waals surface area contributed by atoms with Gasteiger partial charge in [-0.3, -0.25) is 4.79 Å². The minimum Gasteiger partial charge on any atom is -0.329 e. The Morgan fingerprint density at radius 2 is 1.74 bits per heavy atom. The summed E-state index contributed by atoms with van der Waals surface area (Å²) < 4.78 is 0. The van der Waals surface area contributed by atoms with Crippen LogP contribution in [0, 0.1) is 13.8 Å². The summed E-state index contributed by atoms with van der Waals surface area (Å²) in [6.45, 7) is 3.69. The van der Waals surface area contributed by atoms with Gasteiger partial charge in [0.1, 0.15) is 0 Å². The Balaban J connectivity index is 1.81. The lowest BCUT2D eigenvalue weighted by atomic mass is 10.2. The zero-order valence-electron chi connectivity index (χ0n) is 12.9. The topological polar surface area (TPSA) is 70.2 Å². The number of hydrogen-bond acceptors (Lipinski definition) is 2. The summed E-state index contributed by atoms with van der Waals surface area (Å²) >= 11 is 5.99. The number of rotatable bonds is 4. The predicted molar refractivity (Wildman–Crippen MR) is 93.0 cm³/mol. The van der Waals surface area contributed by atoms with Crippen molar-refractivity contribution in [2.24, 2.45) is 0 Å². The maximum Gasteiger partial charge on any atom is 0.319 e. The Kier molecular flexibility index (Phi) is 5.60. The summed E-state index contributed by atoms with van der Waals surface area (Å²) in [4.78, 5) is 23.6. The van der Waals surface area contributed by atoms with E-state index < -0.39 is 6.03 Å². The molecule has 0 spiro atoms. The number of carbonyl (C=O) groups is 2. The molecule has 0 aliphatic carbocycles. The Hall–Kier alpha value is -2.53. The van der Waals surface area contributed by atoms with E-state index in [4.69, 9.17) is 11.6 Å². The van der Waals surface area contributed by atoms with Crippen molar-refractivity contribution < 1.29 is 9.59 Å². The van der Waals surface area contributed by atoms with Crippen molar-refractivity contribution in [3.63, 3.8) is 0 Å². The first-order chi connectivity index (χ1) is 10.9. The van der Waals surface area contributed by atoms with Crippen LogP contribution < -0.4 is 16.0 Å². The minimum atomic E-state index is -0.468. The highest BCUT2D eigenvalue weighted by molar-refractivity contribution is 6.31. The van der Waals surface area contributed by atoms with Gasteiger partial charge >= 0.3 is 6.03 Å². The molecule has 6 heteroatoms. The van der Waals surface area contributed by atoms with E-state index in [1.165, 1.54) is 0 Å². The Morgan fingerprint density at radius 3 is 2.43 bits per heavy atom. The van der Waals surface area contributed by atoms with E-state index in [9.17, 15) is 9.59 Å². The van der Waals surface area contributed by atoms with E-state index in [1.807, 2.05) is 38.1 Å². The molecule has 2 aromatic carbocycles. The second-order valence-corrected chi connectivity index (χ2v) is 5.60. The van der Waals surface area contributed by atoms with Crippen LogP contribution in [0.3, 0.4) is 0 Å². The molecule has 0 saturated carbocycles. The summed E-state index contributed by atoms with van der Waals surface area (Å²) in [7, 11) is 0. The van der Waals surface area contributed by atoms with Crippen LogP contribution in [0.2, 0.25) is 5.02 Å². The fourth-order valence-electron chi connectivity index (χ4n) is 1.93. The standard InChI is InChI=1S/C17H18ClN3O2/c1-11-4-3-5-13(8-11)20-16(22)10-19-17(23)21-14-7-6-12(2)15(18)9-14/h3-9H,10H2,1-2H3,(H,20,22)(H2,19,21,23). The highest BCUT2D eigenvalue weighted by Gasteiger charge is 2.07. The van der Waals surface area contributed by atoms with E-state index in [-0.39, 0.29) is 12.5 Å². The van der Waals surface area contributed by atoms with Crippen LogP contribution in [0.15, 0.2) is 42.5 Å². The van der Waals surface area contributed by atoms with Gasteiger partial charge in [-0.2, -0.15) is 0 Å². The first-order valence-electron chi connectivity index (χ1n) is 7.11. The molecule has 0 bridgehead atoms. The SMILES string of the molecule is Cc1cccc(NC(=O)CNC(=O)Nc2ccc(C)c(Cl)c2)c1. The van der Waals surface area contributed by atoms with E-state index in [0.717, 1.165) is 11.1 Å². The van der Waals surface area contributed by atoms with Gasteiger partial charge in [0.2, 0.25) is 5.91 Å². The second kappa shape index (κ2) is 7.65. The van der Waals surface area contributed by atoms with Crippen LogP contribution in [-0.2, 0) is 4.79 Å². The van der Waals surface area contributed by atoms with Gasteiger partial charge in [-0.25, -0.2) is 4.79 Å². The molecule has 0 unspecified atom stereocenters. The highest BCUT2D eigenvalue weighted by atomic mass is 35.5. The van der Waals surface area contributed by atoms with Gasteiger partial charge in [0.15, 0.2) is 0 Å². The fraction of sp³-hybridized carbons (Fsp3) is 0.176. The van der Waals surface area contributed by atoms with Crippen LogP contribution in [0.5, 0.6) is 0 Å². The number of benzene rings is 2. The number of nitrogens with one attached hydrogen (secondary N) is 3. The van der Waals surface area contributed by atoms with Crippen molar-refractivity contribution in [3.05, 3.63) is 58.6 Å². The van der Waals surface area contributed by atoms with Gasteiger partial charge < -0.3 is 16.0 Å². The molecule has 0 saturated heterocycles. The number of amides is 3. The number of urea groups is 1. The predicted octanol–water partition coefficient (Wildman–Crippen LogP) is 3.72. The monoisotopic (exact) mass is 331 g/mol. The molecular formula is C17H18ClN3O2. The van der Waals surface area contributed by atoms with Gasteiger partial charge in [0.25, 0.3) is 0 Å². The van der Waals surface area contributed by atoms with E-state index >= 15 is 0 Å². The number of aryl methyl sites for hydroxylation is 2. The molecule has 0 radical (unpaired) electrons. The maximum absolute atomic E-state index is 11.8. The third kappa shape index (κ3) is 5.30. The van der Waals surface area contributed by atoms with Gasteiger partial charge in [-0.15, -0.1) is 0 Å². The van der Waals surface area contributed by atoms with E-state index in [1.54, 1.807) is 18.2 Å².